The highest BCUT2D eigenvalue weighted by molar-refractivity contribution is 5.99. The van der Waals surface area contributed by atoms with Crippen LogP contribution in [0, 0.1) is 5.92 Å². The van der Waals surface area contributed by atoms with Crippen LogP contribution in [0.2, 0.25) is 0 Å². The van der Waals surface area contributed by atoms with Gasteiger partial charge in [-0.3, -0.25) is 4.79 Å². The summed E-state index contributed by atoms with van der Waals surface area (Å²) in [7, 11) is 1.64. The van der Waals surface area contributed by atoms with Crippen molar-refractivity contribution >= 4 is 5.78 Å². The molecular formula is C13H18O3. The normalized spacial score (nSPS) is 10.8. The average molecular weight is 222 g/mol. The van der Waals surface area contributed by atoms with E-state index in [1.165, 1.54) is 0 Å². The number of phenols is 1. The highest BCUT2D eigenvalue weighted by atomic mass is 16.5. The third-order valence-corrected chi connectivity index (χ3v) is 2.45. The molecule has 0 amide bonds. The van der Waals surface area contributed by atoms with Gasteiger partial charge in [-0.2, -0.15) is 0 Å². The highest BCUT2D eigenvalue weighted by Gasteiger charge is 2.15. The number of aromatic hydroxyl groups is 1. The van der Waals surface area contributed by atoms with Gasteiger partial charge in [-0.1, -0.05) is 19.9 Å². The molecule has 3 heteroatoms. The van der Waals surface area contributed by atoms with Crippen LogP contribution >= 0.6 is 0 Å². The molecular weight excluding hydrogens is 204 g/mol. The van der Waals surface area contributed by atoms with Gasteiger partial charge in [0.05, 0.1) is 12.2 Å². The minimum Gasteiger partial charge on any atom is -0.507 e. The Labute approximate surface area is 96.1 Å². The van der Waals surface area contributed by atoms with Gasteiger partial charge in [0.15, 0.2) is 5.78 Å². The van der Waals surface area contributed by atoms with Crippen LogP contribution in [0.1, 0.15) is 29.8 Å². The number of rotatable bonds is 5. The molecule has 0 bridgehead atoms. The van der Waals surface area contributed by atoms with Crippen LogP contribution in [0.4, 0.5) is 0 Å². The van der Waals surface area contributed by atoms with Gasteiger partial charge in [-0.15, -0.1) is 0 Å². The summed E-state index contributed by atoms with van der Waals surface area (Å²) < 4.78 is 4.98. The molecule has 0 saturated heterocycles. The zero-order valence-electron chi connectivity index (χ0n) is 9.99. The van der Waals surface area contributed by atoms with Crippen molar-refractivity contribution in [1.82, 2.24) is 0 Å². The summed E-state index contributed by atoms with van der Waals surface area (Å²) in [5.41, 5.74) is 1.41. The van der Waals surface area contributed by atoms with Crippen molar-refractivity contribution in [3.63, 3.8) is 0 Å². The zero-order valence-corrected chi connectivity index (χ0v) is 9.99. The second-order valence-electron chi connectivity index (χ2n) is 4.11. The molecule has 1 aromatic carbocycles. The lowest BCUT2D eigenvalue weighted by Gasteiger charge is -2.09. The van der Waals surface area contributed by atoms with Crippen LogP contribution in [-0.2, 0) is 11.2 Å². The van der Waals surface area contributed by atoms with Gasteiger partial charge < -0.3 is 9.84 Å². The number of ether oxygens (including phenoxy) is 1. The molecule has 0 heterocycles. The van der Waals surface area contributed by atoms with E-state index in [2.05, 4.69) is 0 Å². The smallest absolute Gasteiger partial charge is 0.169 e. The number of benzene rings is 1. The van der Waals surface area contributed by atoms with Crippen LogP contribution in [0.15, 0.2) is 18.2 Å². The summed E-state index contributed by atoms with van der Waals surface area (Å²) >= 11 is 0. The van der Waals surface area contributed by atoms with Crippen molar-refractivity contribution in [2.45, 2.75) is 20.3 Å². The maximum atomic E-state index is 11.8. The van der Waals surface area contributed by atoms with Gasteiger partial charge in [0.2, 0.25) is 0 Å². The summed E-state index contributed by atoms with van der Waals surface area (Å²) in [6.07, 6.45) is 0.745. The third kappa shape index (κ3) is 3.07. The molecule has 0 aliphatic carbocycles. The van der Waals surface area contributed by atoms with Crippen molar-refractivity contribution < 1.29 is 14.6 Å². The summed E-state index contributed by atoms with van der Waals surface area (Å²) in [6, 6.07) is 5.13. The van der Waals surface area contributed by atoms with E-state index in [-0.39, 0.29) is 17.5 Å². The first kappa shape index (κ1) is 12.7. The van der Waals surface area contributed by atoms with E-state index < -0.39 is 0 Å². The summed E-state index contributed by atoms with van der Waals surface area (Å²) in [5, 5.41) is 9.63. The minimum atomic E-state index is -0.108. The average Bonchev–Trinajstić information content (AvgIpc) is 2.27. The Morgan fingerprint density at radius 3 is 2.69 bits per heavy atom. The molecule has 0 aromatic heterocycles. The molecule has 0 spiro atoms. The Kier molecular flexibility index (Phi) is 4.50. The van der Waals surface area contributed by atoms with Gasteiger partial charge in [0, 0.05) is 13.0 Å². The van der Waals surface area contributed by atoms with Gasteiger partial charge in [-0.05, 0) is 24.1 Å². The maximum Gasteiger partial charge on any atom is 0.169 e. The number of carbonyl (C=O) groups is 1. The molecule has 0 saturated carbocycles. The number of hydrogen-bond acceptors (Lipinski definition) is 3. The van der Waals surface area contributed by atoms with Crippen LogP contribution < -0.4 is 0 Å². The molecule has 0 aliphatic rings. The molecule has 1 aromatic rings. The third-order valence-electron chi connectivity index (χ3n) is 2.45. The molecule has 16 heavy (non-hydrogen) atoms. The zero-order chi connectivity index (χ0) is 12.1. The Morgan fingerprint density at radius 2 is 2.12 bits per heavy atom. The topological polar surface area (TPSA) is 46.5 Å². The van der Waals surface area contributed by atoms with Gasteiger partial charge >= 0.3 is 0 Å². The second-order valence-corrected chi connectivity index (χ2v) is 4.11. The first-order valence-corrected chi connectivity index (χ1v) is 5.41. The Hall–Kier alpha value is -1.35. The van der Waals surface area contributed by atoms with E-state index in [0.29, 0.717) is 12.2 Å². The first-order valence-electron chi connectivity index (χ1n) is 5.41. The van der Waals surface area contributed by atoms with Crippen LogP contribution in [0.25, 0.3) is 0 Å². The minimum absolute atomic E-state index is 0.0308. The van der Waals surface area contributed by atoms with E-state index in [4.69, 9.17) is 4.74 Å². The Bertz CT molecular complexity index is 369. The highest BCUT2D eigenvalue weighted by Crippen LogP contribution is 2.22. The SMILES string of the molecule is COCCc1ccc(O)c(C(=O)C(C)C)c1. The monoisotopic (exact) mass is 222 g/mol. The Balaban J connectivity index is 2.94. The summed E-state index contributed by atoms with van der Waals surface area (Å²) in [5.74, 6) is -0.0831. The molecule has 1 rings (SSSR count). The Morgan fingerprint density at radius 1 is 1.44 bits per heavy atom. The maximum absolute atomic E-state index is 11.8. The first-order chi connectivity index (χ1) is 7.56. The van der Waals surface area contributed by atoms with E-state index >= 15 is 0 Å². The van der Waals surface area contributed by atoms with Crippen molar-refractivity contribution in [1.29, 1.82) is 0 Å². The van der Waals surface area contributed by atoms with E-state index in [1.807, 2.05) is 19.9 Å². The van der Waals surface area contributed by atoms with Crippen molar-refractivity contribution in [2.24, 2.45) is 5.92 Å². The van der Waals surface area contributed by atoms with Crippen LogP contribution in [-0.4, -0.2) is 24.6 Å². The quantitative estimate of drug-likeness (QED) is 0.778. The van der Waals surface area contributed by atoms with Crippen molar-refractivity contribution in [2.75, 3.05) is 13.7 Å². The molecule has 0 aliphatic heterocycles. The van der Waals surface area contributed by atoms with Crippen LogP contribution in [0.5, 0.6) is 5.75 Å². The predicted molar refractivity (Wildman–Crippen MR) is 62.9 cm³/mol. The number of carbonyl (C=O) groups excluding carboxylic acids is 1. The summed E-state index contributed by atoms with van der Waals surface area (Å²) in [6.45, 7) is 4.26. The van der Waals surface area contributed by atoms with Crippen molar-refractivity contribution in [3.8, 4) is 5.75 Å². The number of methoxy groups -OCH3 is 1. The lowest BCUT2D eigenvalue weighted by Crippen LogP contribution is -2.08. The molecule has 1 N–H and O–H groups in total. The summed E-state index contributed by atoms with van der Waals surface area (Å²) in [4.78, 5) is 11.8. The van der Waals surface area contributed by atoms with E-state index in [9.17, 15) is 9.90 Å². The number of phenolic OH excluding ortho intramolecular Hbond substituents is 1. The van der Waals surface area contributed by atoms with Gasteiger partial charge in [-0.25, -0.2) is 0 Å². The molecule has 0 unspecified atom stereocenters. The largest absolute Gasteiger partial charge is 0.507 e. The number of ketones is 1. The standard InChI is InChI=1S/C13H18O3/c1-9(2)13(15)11-8-10(6-7-16-3)4-5-12(11)14/h4-5,8-9,14H,6-7H2,1-3H3. The lowest BCUT2D eigenvalue weighted by atomic mass is 9.97. The molecule has 0 atom stereocenters. The molecule has 0 radical (unpaired) electrons. The van der Waals surface area contributed by atoms with Crippen LogP contribution in [0.3, 0.4) is 0 Å². The van der Waals surface area contributed by atoms with Crippen molar-refractivity contribution in [3.05, 3.63) is 29.3 Å². The predicted octanol–water partition coefficient (Wildman–Crippen LogP) is 2.42. The molecule has 88 valence electrons. The van der Waals surface area contributed by atoms with Gasteiger partial charge in [0.25, 0.3) is 0 Å². The fourth-order valence-corrected chi connectivity index (χ4v) is 1.47. The second kappa shape index (κ2) is 5.66. The number of hydrogen-bond donors (Lipinski definition) is 1. The van der Waals surface area contributed by atoms with E-state index in [1.54, 1.807) is 19.2 Å². The fraction of sp³-hybridized carbons (Fsp3) is 0.462. The fourth-order valence-electron chi connectivity index (χ4n) is 1.47. The van der Waals surface area contributed by atoms with Gasteiger partial charge in [0.1, 0.15) is 5.75 Å². The molecule has 0 fully saturated rings. The van der Waals surface area contributed by atoms with E-state index in [0.717, 1.165) is 12.0 Å². The molecule has 3 nitrogen and oxygen atoms in total. The number of Topliss-reactive ketones (excluding diaryl/α,β-unsaturated/α-hetero) is 1. The lowest BCUT2D eigenvalue weighted by molar-refractivity contribution is 0.0936.